The fourth-order valence-electron chi connectivity index (χ4n) is 4.22. The van der Waals surface area contributed by atoms with Gasteiger partial charge in [-0.3, -0.25) is 0 Å². The maximum atomic E-state index is 13.6. The SMILES string of the molecule is COc1ccc(F)cc1C1CCN(C2CCCCCC2)CC1. The van der Waals surface area contributed by atoms with Crippen LogP contribution in [0.4, 0.5) is 4.39 Å². The van der Waals surface area contributed by atoms with E-state index in [4.69, 9.17) is 4.74 Å². The van der Waals surface area contributed by atoms with Gasteiger partial charge in [0.2, 0.25) is 0 Å². The van der Waals surface area contributed by atoms with Crippen LogP contribution in [0.3, 0.4) is 0 Å². The number of hydrogen-bond acceptors (Lipinski definition) is 2. The zero-order chi connectivity index (χ0) is 15.4. The van der Waals surface area contributed by atoms with Crippen LogP contribution in [0.5, 0.6) is 5.75 Å². The van der Waals surface area contributed by atoms with E-state index >= 15 is 0 Å². The van der Waals surface area contributed by atoms with Gasteiger partial charge in [-0.05, 0) is 62.9 Å². The Morgan fingerprint density at radius 1 is 1.00 bits per heavy atom. The molecule has 0 unspecified atom stereocenters. The number of nitrogens with zero attached hydrogens (tertiary/aromatic N) is 1. The van der Waals surface area contributed by atoms with E-state index in [2.05, 4.69) is 4.90 Å². The lowest BCUT2D eigenvalue weighted by Crippen LogP contribution is -2.40. The average Bonchev–Trinajstić information content (AvgIpc) is 2.84. The molecule has 1 saturated carbocycles. The van der Waals surface area contributed by atoms with Gasteiger partial charge in [0, 0.05) is 11.6 Å². The lowest BCUT2D eigenvalue weighted by Gasteiger charge is -2.37. The smallest absolute Gasteiger partial charge is 0.123 e. The highest BCUT2D eigenvalue weighted by Gasteiger charge is 2.27. The molecule has 0 N–H and O–H groups in total. The van der Waals surface area contributed by atoms with E-state index in [1.807, 2.05) is 0 Å². The molecule has 1 saturated heterocycles. The summed E-state index contributed by atoms with van der Waals surface area (Å²) in [6, 6.07) is 5.72. The number of halogens is 1. The van der Waals surface area contributed by atoms with Crippen LogP contribution in [0.2, 0.25) is 0 Å². The van der Waals surface area contributed by atoms with Crippen LogP contribution >= 0.6 is 0 Å². The van der Waals surface area contributed by atoms with Gasteiger partial charge >= 0.3 is 0 Å². The molecule has 122 valence electrons. The Balaban J connectivity index is 1.62. The monoisotopic (exact) mass is 305 g/mol. The summed E-state index contributed by atoms with van der Waals surface area (Å²) in [7, 11) is 1.68. The van der Waals surface area contributed by atoms with Crippen molar-refractivity contribution in [1.82, 2.24) is 4.90 Å². The Kier molecular flexibility index (Phi) is 5.35. The predicted molar refractivity (Wildman–Crippen MR) is 88.0 cm³/mol. The van der Waals surface area contributed by atoms with Crippen molar-refractivity contribution in [3.63, 3.8) is 0 Å². The Morgan fingerprint density at radius 3 is 2.32 bits per heavy atom. The van der Waals surface area contributed by atoms with Crippen molar-refractivity contribution >= 4 is 0 Å². The topological polar surface area (TPSA) is 12.5 Å². The van der Waals surface area contributed by atoms with Gasteiger partial charge in [-0.25, -0.2) is 4.39 Å². The molecule has 1 heterocycles. The van der Waals surface area contributed by atoms with Crippen molar-refractivity contribution in [2.45, 2.75) is 63.3 Å². The Bertz CT molecular complexity index is 474. The second-order valence-electron chi connectivity index (χ2n) is 6.84. The van der Waals surface area contributed by atoms with Crippen molar-refractivity contribution in [3.05, 3.63) is 29.6 Å². The van der Waals surface area contributed by atoms with Gasteiger partial charge < -0.3 is 9.64 Å². The standard InChI is InChI=1S/C19H28FNO/c1-22-19-9-8-16(20)14-18(19)15-10-12-21(13-11-15)17-6-4-2-3-5-7-17/h8-9,14-15,17H,2-7,10-13H2,1H3. The van der Waals surface area contributed by atoms with Crippen LogP contribution in [-0.2, 0) is 0 Å². The fraction of sp³-hybridized carbons (Fsp3) is 0.684. The van der Waals surface area contributed by atoms with Crippen LogP contribution in [0, 0.1) is 5.82 Å². The van der Waals surface area contributed by atoms with Crippen LogP contribution < -0.4 is 4.74 Å². The van der Waals surface area contributed by atoms with Crippen molar-refractivity contribution in [2.24, 2.45) is 0 Å². The summed E-state index contributed by atoms with van der Waals surface area (Å²) >= 11 is 0. The molecule has 0 atom stereocenters. The highest BCUT2D eigenvalue weighted by Crippen LogP contribution is 2.36. The maximum absolute atomic E-state index is 13.6. The van der Waals surface area contributed by atoms with Gasteiger partial charge in [-0.15, -0.1) is 0 Å². The normalized spacial score (nSPS) is 22.5. The Labute approximate surface area is 133 Å². The van der Waals surface area contributed by atoms with E-state index in [0.717, 1.165) is 43.3 Å². The van der Waals surface area contributed by atoms with E-state index < -0.39 is 0 Å². The zero-order valence-corrected chi connectivity index (χ0v) is 13.7. The first kappa shape index (κ1) is 15.8. The molecule has 1 aliphatic carbocycles. The molecular formula is C19H28FNO. The molecule has 0 radical (unpaired) electrons. The molecule has 2 aliphatic rings. The van der Waals surface area contributed by atoms with E-state index in [1.165, 1.54) is 44.6 Å². The summed E-state index contributed by atoms with van der Waals surface area (Å²) in [6.07, 6.45) is 10.6. The molecule has 3 heteroatoms. The minimum Gasteiger partial charge on any atom is -0.496 e. The molecular weight excluding hydrogens is 277 g/mol. The molecule has 22 heavy (non-hydrogen) atoms. The number of likely N-dealkylation sites (tertiary alicyclic amines) is 1. The van der Waals surface area contributed by atoms with Crippen LogP contribution in [0.1, 0.15) is 62.8 Å². The summed E-state index contributed by atoms with van der Waals surface area (Å²) < 4.78 is 19.0. The van der Waals surface area contributed by atoms with Gasteiger partial charge in [0.05, 0.1) is 7.11 Å². The minimum atomic E-state index is -0.151. The van der Waals surface area contributed by atoms with Gasteiger partial charge in [0.15, 0.2) is 0 Å². The Hall–Kier alpha value is -1.09. The first-order chi connectivity index (χ1) is 10.8. The van der Waals surface area contributed by atoms with Crippen LogP contribution in [0.15, 0.2) is 18.2 Å². The zero-order valence-electron chi connectivity index (χ0n) is 13.7. The molecule has 0 bridgehead atoms. The van der Waals surface area contributed by atoms with Crippen molar-refractivity contribution < 1.29 is 9.13 Å². The van der Waals surface area contributed by atoms with Gasteiger partial charge in [-0.2, -0.15) is 0 Å². The minimum absolute atomic E-state index is 0.151. The first-order valence-corrected chi connectivity index (χ1v) is 8.85. The van der Waals surface area contributed by atoms with Crippen molar-refractivity contribution in [3.8, 4) is 5.75 Å². The number of methoxy groups -OCH3 is 1. The summed E-state index contributed by atoms with van der Waals surface area (Å²) in [5.41, 5.74) is 1.06. The summed E-state index contributed by atoms with van der Waals surface area (Å²) in [5.74, 6) is 1.13. The predicted octanol–water partition coefficient (Wildman–Crippen LogP) is 4.74. The third-order valence-corrected chi connectivity index (χ3v) is 5.50. The van der Waals surface area contributed by atoms with Gasteiger partial charge in [0.25, 0.3) is 0 Å². The lowest BCUT2D eigenvalue weighted by molar-refractivity contribution is 0.138. The average molecular weight is 305 g/mol. The van der Waals surface area contributed by atoms with Gasteiger partial charge in [0.1, 0.15) is 11.6 Å². The van der Waals surface area contributed by atoms with E-state index in [9.17, 15) is 4.39 Å². The fourth-order valence-corrected chi connectivity index (χ4v) is 4.22. The van der Waals surface area contributed by atoms with Crippen molar-refractivity contribution in [2.75, 3.05) is 20.2 Å². The quantitative estimate of drug-likeness (QED) is 0.748. The number of hydrogen-bond donors (Lipinski definition) is 0. The largest absolute Gasteiger partial charge is 0.496 e. The molecule has 2 fully saturated rings. The maximum Gasteiger partial charge on any atom is 0.123 e. The molecule has 0 aromatic heterocycles. The number of rotatable bonds is 3. The van der Waals surface area contributed by atoms with Crippen molar-refractivity contribution in [1.29, 1.82) is 0 Å². The third kappa shape index (κ3) is 3.62. The van der Waals surface area contributed by atoms with Crippen LogP contribution in [0.25, 0.3) is 0 Å². The summed E-state index contributed by atoms with van der Waals surface area (Å²) in [6.45, 7) is 2.30. The van der Waals surface area contributed by atoms with E-state index in [-0.39, 0.29) is 5.82 Å². The van der Waals surface area contributed by atoms with Gasteiger partial charge in [-0.1, -0.05) is 25.7 Å². The summed E-state index contributed by atoms with van der Waals surface area (Å²) in [4.78, 5) is 2.69. The number of benzene rings is 1. The summed E-state index contributed by atoms with van der Waals surface area (Å²) in [5, 5.41) is 0. The molecule has 1 aromatic carbocycles. The van der Waals surface area contributed by atoms with E-state index in [0.29, 0.717) is 5.92 Å². The number of piperidine rings is 1. The molecule has 1 aromatic rings. The molecule has 3 rings (SSSR count). The lowest BCUT2D eigenvalue weighted by atomic mass is 9.87. The first-order valence-electron chi connectivity index (χ1n) is 8.85. The third-order valence-electron chi connectivity index (χ3n) is 5.50. The van der Waals surface area contributed by atoms with E-state index in [1.54, 1.807) is 19.2 Å². The van der Waals surface area contributed by atoms with Crippen LogP contribution in [-0.4, -0.2) is 31.1 Å². The highest BCUT2D eigenvalue weighted by molar-refractivity contribution is 5.37. The Morgan fingerprint density at radius 2 is 1.68 bits per heavy atom. The second kappa shape index (κ2) is 7.45. The molecule has 2 nitrogen and oxygen atoms in total. The highest BCUT2D eigenvalue weighted by atomic mass is 19.1. The second-order valence-corrected chi connectivity index (χ2v) is 6.84. The molecule has 0 spiro atoms. The molecule has 0 amide bonds. The number of ether oxygens (including phenoxy) is 1. The molecule has 1 aliphatic heterocycles.